The van der Waals surface area contributed by atoms with Crippen molar-refractivity contribution in [1.29, 1.82) is 0 Å². The maximum absolute atomic E-state index is 10.7. The Balaban J connectivity index is 2.70. The number of carbonyl (C=O) groups excluding carboxylic acids is 1. The Bertz CT molecular complexity index is 235. The number of aliphatic hydroxyl groups excluding tert-OH is 4. The van der Waals surface area contributed by atoms with Crippen LogP contribution in [0.1, 0.15) is 6.92 Å². The average Bonchev–Trinajstić information content (AvgIpc) is 2.18. The summed E-state index contributed by atoms with van der Waals surface area (Å²) >= 11 is 0. The molecule has 0 bridgehead atoms. The molecule has 7 heteroatoms. The molecule has 0 aromatic carbocycles. The van der Waals surface area contributed by atoms with Gasteiger partial charge in [0, 0.05) is 6.92 Å². The third kappa shape index (κ3) is 2.64. The molecule has 0 spiro atoms. The lowest BCUT2D eigenvalue weighted by molar-refractivity contribution is -0.253. The fraction of sp³-hybridized carbons (Fsp3) is 0.875. The lowest BCUT2D eigenvalue weighted by atomic mass is 9.97. The maximum Gasteiger partial charge on any atom is 0.217 e. The summed E-state index contributed by atoms with van der Waals surface area (Å²) in [5, 5.41) is 39.4. The first-order valence-corrected chi connectivity index (χ1v) is 4.55. The number of hydrogen-bond acceptors (Lipinski definition) is 6. The van der Waals surface area contributed by atoms with Crippen molar-refractivity contribution in [3.8, 4) is 0 Å². The number of carbonyl (C=O) groups is 1. The number of ether oxygens (including phenoxy) is 1. The molecule has 5 N–H and O–H groups in total. The zero-order valence-corrected chi connectivity index (χ0v) is 8.20. The van der Waals surface area contributed by atoms with Crippen molar-refractivity contribution < 1.29 is 30.0 Å². The van der Waals surface area contributed by atoms with Crippen LogP contribution >= 0.6 is 0 Å². The number of amides is 1. The molecule has 15 heavy (non-hydrogen) atoms. The van der Waals surface area contributed by atoms with Crippen LogP contribution in [0.5, 0.6) is 0 Å². The third-order valence-corrected chi connectivity index (χ3v) is 2.27. The molecular formula is C8H15NO6. The van der Waals surface area contributed by atoms with Crippen molar-refractivity contribution in [3.05, 3.63) is 0 Å². The van der Waals surface area contributed by atoms with Gasteiger partial charge in [0.15, 0.2) is 6.29 Å². The molecule has 0 saturated carbocycles. The Kier molecular flexibility index (Phi) is 4.00. The van der Waals surface area contributed by atoms with Gasteiger partial charge in [-0.05, 0) is 0 Å². The molecule has 7 nitrogen and oxygen atoms in total. The molecular weight excluding hydrogens is 206 g/mol. The molecule has 0 aromatic rings. The van der Waals surface area contributed by atoms with E-state index in [0.29, 0.717) is 0 Å². The normalized spacial score (nSPS) is 41.3. The van der Waals surface area contributed by atoms with Gasteiger partial charge in [-0.15, -0.1) is 0 Å². The van der Waals surface area contributed by atoms with E-state index in [2.05, 4.69) is 5.32 Å². The zero-order valence-electron chi connectivity index (χ0n) is 8.20. The summed E-state index contributed by atoms with van der Waals surface area (Å²) in [5.74, 6) is -0.462. The zero-order chi connectivity index (χ0) is 11.6. The van der Waals surface area contributed by atoms with Gasteiger partial charge >= 0.3 is 0 Å². The Morgan fingerprint density at radius 2 is 1.93 bits per heavy atom. The fourth-order valence-electron chi connectivity index (χ4n) is 1.49. The van der Waals surface area contributed by atoms with E-state index in [4.69, 9.17) is 9.84 Å². The van der Waals surface area contributed by atoms with Crippen molar-refractivity contribution in [2.75, 3.05) is 6.61 Å². The van der Waals surface area contributed by atoms with Crippen molar-refractivity contribution in [3.63, 3.8) is 0 Å². The van der Waals surface area contributed by atoms with E-state index in [9.17, 15) is 20.1 Å². The Labute approximate surface area is 86.3 Å². The van der Waals surface area contributed by atoms with Crippen molar-refractivity contribution >= 4 is 5.91 Å². The van der Waals surface area contributed by atoms with Crippen LogP contribution in [-0.2, 0) is 9.53 Å². The standard InChI is InChI=1S/C8H15NO6/c1-3(11)9-5-7(13)6(12)4(2-10)15-8(5)14/h4-8,10,12-14H,2H2,1H3,(H,9,11)/t4-,5+,6+,7-,8+/m0/s1. The van der Waals surface area contributed by atoms with E-state index >= 15 is 0 Å². The predicted molar refractivity (Wildman–Crippen MR) is 47.6 cm³/mol. The van der Waals surface area contributed by atoms with E-state index in [-0.39, 0.29) is 0 Å². The van der Waals surface area contributed by atoms with Crippen molar-refractivity contribution in [2.24, 2.45) is 0 Å². The molecule has 1 aliphatic rings. The Morgan fingerprint density at radius 3 is 2.40 bits per heavy atom. The van der Waals surface area contributed by atoms with Gasteiger partial charge in [0.25, 0.3) is 0 Å². The first kappa shape index (κ1) is 12.3. The maximum atomic E-state index is 10.7. The number of rotatable bonds is 2. The van der Waals surface area contributed by atoms with Crippen LogP contribution in [0, 0.1) is 0 Å². The average molecular weight is 221 g/mol. The molecule has 88 valence electrons. The van der Waals surface area contributed by atoms with Gasteiger partial charge in [0.05, 0.1) is 6.61 Å². The molecule has 1 rings (SSSR count). The van der Waals surface area contributed by atoms with E-state index in [1.54, 1.807) is 0 Å². The minimum atomic E-state index is -1.45. The topological polar surface area (TPSA) is 119 Å². The molecule has 5 atom stereocenters. The second kappa shape index (κ2) is 4.86. The van der Waals surface area contributed by atoms with Gasteiger partial charge in [-0.25, -0.2) is 0 Å². The quantitative estimate of drug-likeness (QED) is 0.337. The van der Waals surface area contributed by atoms with Crippen molar-refractivity contribution in [2.45, 2.75) is 37.6 Å². The first-order valence-electron chi connectivity index (χ1n) is 4.55. The monoisotopic (exact) mass is 221 g/mol. The fourth-order valence-corrected chi connectivity index (χ4v) is 1.49. The van der Waals surface area contributed by atoms with Crippen LogP contribution in [-0.4, -0.2) is 63.6 Å². The molecule has 0 unspecified atom stereocenters. The lowest BCUT2D eigenvalue weighted by Gasteiger charge is -2.40. The summed E-state index contributed by atoms with van der Waals surface area (Å²) in [4.78, 5) is 10.7. The molecule has 1 amide bonds. The van der Waals surface area contributed by atoms with Crippen LogP contribution in [0.2, 0.25) is 0 Å². The highest BCUT2D eigenvalue weighted by molar-refractivity contribution is 5.73. The van der Waals surface area contributed by atoms with Crippen LogP contribution < -0.4 is 5.32 Å². The Morgan fingerprint density at radius 1 is 1.33 bits per heavy atom. The SMILES string of the molecule is CC(=O)N[C@@H]1[C@H](O)[C@H](O)[C@H](CO)O[C@H]1O. The van der Waals surface area contributed by atoms with E-state index in [1.165, 1.54) is 6.92 Å². The molecule has 1 fully saturated rings. The summed E-state index contributed by atoms with van der Waals surface area (Å²) in [6.45, 7) is 0.687. The van der Waals surface area contributed by atoms with E-state index in [0.717, 1.165) is 0 Å². The van der Waals surface area contributed by atoms with Crippen LogP contribution in [0.25, 0.3) is 0 Å². The second-order valence-electron chi connectivity index (χ2n) is 3.46. The van der Waals surface area contributed by atoms with Gasteiger partial charge in [-0.3, -0.25) is 4.79 Å². The van der Waals surface area contributed by atoms with Gasteiger partial charge in [0.2, 0.25) is 5.91 Å². The second-order valence-corrected chi connectivity index (χ2v) is 3.46. The summed E-state index contributed by atoms with van der Waals surface area (Å²) in [7, 11) is 0. The minimum absolute atomic E-state index is 0.462. The molecule has 0 radical (unpaired) electrons. The van der Waals surface area contributed by atoms with Crippen LogP contribution in [0.3, 0.4) is 0 Å². The molecule has 0 aromatic heterocycles. The molecule has 1 heterocycles. The highest BCUT2D eigenvalue weighted by Gasteiger charge is 2.43. The molecule has 0 aliphatic carbocycles. The lowest BCUT2D eigenvalue weighted by Crippen LogP contribution is -2.63. The van der Waals surface area contributed by atoms with E-state index in [1.807, 2.05) is 0 Å². The van der Waals surface area contributed by atoms with Crippen molar-refractivity contribution in [1.82, 2.24) is 5.32 Å². The summed E-state index contributed by atoms with van der Waals surface area (Å²) in [6.07, 6.45) is -5.24. The van der Waals surface area contributed by atoms with Crippen LogP contribution in [0.4, 0.5) is 0 Å². The summed E-state index contributed by atoms with van der Waals surface area (Å²) in [6, 6.07) is -1.10. The summed E-state index contributed by atoms with van der Waals surface area (Å²) in [5.41, 5.74) is 0. The largest absolute Gasteiger partial charge is 0.394 e. The molecule has 1 saturated heterocycles. The third-order valence-electron chi connectivity index (χ3n) is 2.27. The van der Waals surface area contributed by atoms with E-state index < -0.39 is 43.2 Å². The summed E-state index contributed by atoms with van der Waals surface area (Å²) < 4.78 is 4.81. The van der Waals surface area contributed by atoms with Gasteiger partial charge in [-0.2, -0.15) is 0 Å². The van der Waals surface area contributed by atoms with Gasteiger partial charge < -0.3 is 30.5 Å². The minimum Gasteiger partial charge on any atom is -0.394 e. The number of nitrogens with one attached hydrogen (secondary N) is 1. The number of aliphatic hydroxyl groups is 4. The number of hydrogen-bond donors (Lipinski definition) is 5. The molecule has 1 aliphatic heterocycles. The highest BCUT2D eigenvalue weighted by atomic mass is 16.6. The predicted octanol–water partition coefficient (Wildman–Crippen LogP) is -3.08. The van der Waals surface area contributed by atoms with Gasteiger partial charge in [0.1, 0.15) is 24.4 Å². The highest BCUT2D eigenvalue weighted by Crippen LogP contribution is 2.19. The van der Waals surface area contributed by atoms with Gasteiger partial charge in [-0.1, -0.05) is 0 Å². The van der Waals surface area contributed by atoms with Crippen LogP contribution in [0.15, 0.2) is 0 Å². The Hall–Kier alpha value is -0.730. The first-order chi connectivity index (χ1) is 6.97. The smallest absolute Gasteiger partial charge is 0.217 e.